The van der Waals surface area contributed by atoms with Crippen molar-refractivity contribution in [3.05, 3.63) is 60.2 Å². The van der Waals surface area contributed by atoms with Crippen LogP contribution in [0.2, 0.25) is 19.6 Å². The third-order valence-electron chi connectivity index (χ3n) is 3.12. The van der Waals surface area contributed by atoms with E-state index in [1.807, 2.05) is 19.1 Å². The Morgan fingerprint density at radius 2 is 1.48 bits per heavy atom. The number of hydrogen-bond acceptors (Lipinski definition) is 4. The van der Waals surface area contributed by atoms with Crippen LogP contribution >= 0.6 is 0 Å². The Labute approximate surface area is 139 Å². The van der Waals surface area contributed by atoms with E-state index in [1.54, 1.807) is 30.3 Å². The quantitative estimate of drug-likeness (QED) is 0.573. The van der Waals surface area contributed by atoms with E-state index in [4.69, 9.17) is 8.61 Å². The molecule has 2 rings (SSSR count). The largest absolute Gasteiger partial charge is 0.411 e. The Morgan fingerprint density at radius 1 is 0.913 bits per heavy atom. The molecular formula is C17H22O4SSi. The lowest BCUT2D eigenvalue weighted by molar-refractivity contribution is 0.216. The third-order valence-corrected chi connectivity index (χ3v) is 5.43. The Morgan fingerprint density at radius 3 is 2.09 bits per heavy atom. The van der Waals surface area contributed by atoms with E-state index < -0.39 is 18.4 Å². The van der Waals surface area contributed by atoms with Crippen LogP contribution in [0.3, 0.4) is 0 Å². The molecular weight excluding hydrogens is 328 g/mol. The zero-order chi connectivity index (χ0) is 17.1. The van der Waals surface area contributed by atoms with Crippen LogP contribution in [0.15, 0.2) is 59.5 Å². The maximum atomic E-state index is 12.4. The molecule has 2 aromatic rings. The summed E-state index contributed by atoms with van der Waals surface area (Å²) in [5.74, 6) is 0.308. The van der Waals surface area contributed by atoms with Gasteiger partial charge in [0.05, 0.1) is 6.10 Å². The summed E-state index contributed by atoms with van der Waals surface area (Å²) in [4.78, 5) is 0.133. The minimum absolute atomic E-state index is 0.133. The molecule has 0 aromatic heterocycles. The van der Waals surface area contributed by atoms with Crippen LogP contribution in [-0.2, 0) is 14.5 Å². The normalized spacial score (nSPS) is 13.6. The van der Waals surface area contributed by atoms with Gasteiger partial charge in [0.25, 0.3) is 0 Å². The zero-order valence-electron chi connectivity index (χ0n) is 13.8. The smallest absolute Gasteiger partial charge is 0.339 e. The van der Waals surface area contributed by atoms with Gasteiger partial charge in [0.2, 0.25) is 0 Å². The molecule has 0 saturated heterocycles. The van der Waals surface area contributed by atoms with E-state index in [0.717, 1.165) is 5.56 Å². The highest BCUT2D eigenvalue weighted by Gasteiger charge is 2.24. The van der Waals surface area contributed by atoms with Gasteiger partial charge in [-0.1, -0.05) is 36.4 Å². The topological polar surface area (TPSA) is 52.6 Å². The first kappa shape index (κ1) is 17.7. The van der Waals surface area contributed by atoms with Gasteiger partial charge in [0, 0.05) is 5.56 Å². The number of para-hydroxylation sites is 1. The van der Waals surface area contributed by atoms with Crippen molar-refractivity contribution in [2.45, 2.75) is 37.6 Å². The molecule has 0 N–H and O–H groups in total. The lowest BCUT2D eigenvalue weighted by Gasteiger charge is -2.25. The van der Waals surface area contributed by atoms with Crippen molar-refractivity contribution in [3.8, 4) is 5.75 Å². The molecule has 4 nitrogen and oxygen atoms in total. The molecule has 0 radical (unpaired) electrons. The fourth-order valence-electron chi connectivity index (χ4n) is 2.24. The van der Waals surface area contributed by atoms with E-state index in [9.17, 15) is 8.42 Å². The predicted octanol–water partition coefficient (Wildman–Crippen LogP) is 4.37. The summed E-state index contributed by atoms with van der Waals surface area (Å²) in [6.45, 7) is 8.19. The summed E-state index contributed by atoms with van der Waals surface area (Å²) in [5, 5.41) is 0. The van der Waals surface area contributed by atoms with Crippen LogP contribution in [0, 0.1) is 0 Å². The fraction of sp³-hybridized carbons (Fsp3) is 0.294. The first-order valence-electron chi connectivity index (χ1n) is 7.45. The number of hydrogen-bond donors (Lipinski definition) is 0. The second kappa shape index (κ2) is 6.86. The molecule has 0 fully saturated rings. The van der Waals surface area contributed by atoms with Crippen molar-refractivity contribution < 1.29 is 17.0 Å². The summed E-state index contributed by atoms with van der Waals surface area (Å²) in [7, 11) is -5.61. The summed E-state index contributed by atoms with van der Waals surface area (Å²) in [6, 6.07) is 15.2. The van der Waals surface area contributed by atoms with Crippen molar-refractivity contribution in [3.63, 3.8) is 0 Å². The SMILES string of the molecule is CC(O[Si](C)(C)C)c1ccccc1OS(=O)(=O)c1ccccc1. The van der Waals surface area contributed by atoms with Crippen LogP contribution in [-0.4, -0.2) is 16.7 Å². The molecule has 0 bridgehead atoms. The minimum Gasteiger partial charge on any atom is -0.411 e. The lowest BCUT2D eigenvalue weighted by Crippen LogP contribution is -2.27. The molecule has 2 aromatic carbocycles. The van der Waals surface area contributed by atoms with Gasteiger partial charge in [-0.2, -0.15) is 8.42 Å². The third kappa shape index (κ3) is 4.92. The standard InChI is InChI=1S/C17H22O4SSi/c1-14(21-23(2,3)4)16-12-8-9-13-17(16)20-22(18,19)15-10-6-5-7-11-15/h5-14H,1-4H3. The molecule has 23 heavy (non-hydrogen) atoms. The van der Waals surface area contributed by atoms with E-state index in [0.29, 0.717) is 5.75 Å². The van der Waals surface area contributed by atoms with Gasteiger partial charge in [-0.05, 0) is 44.8 Å². The minimum atomic E-state index is -3.86. The lowest BCUT2D eigenvalue weighted by atomic mass is 10.1. The van der Waals surface area contributed by atoms with E-state index in [-0.39, 0.29) is 11.0 Å². The van der Waals surface area contributed by atoms with E-state index in [2.05, 4.69) is 19.6 Å². The van der Waals surface area contributed by atoms with Gasteiger partial charge in [-0.3, -0.25) is 0 Å². The number of benzene rings is 2. The summed E-state index contributed by atoms with van der Waals surface area (Å²) in [6.07, 6.45) is -0.233. The Balaban J connectivity index is 2.31. The average molecular weight is 351 g/mol. The highest BCUT2D eigenvalue weighted by molar-refractivity contribution is 7.87. The first-order valence-corrected chi connectivity index (χ1v) is 12.3. The van der Waals surface area contributed by atoms with Crippen LogP contribution in [0.1, 0.15) is 18.6 Å². The molecule has 0 spiro atoms. The summed E-state index contributed by atoms with van der Waals surface area (Å²) in [5.41, 5.74) is 0.731. The molecule has 124 valence electrons. The van der Waals surface area contributed by atoms with Gasteiger partial charge in [-0.25, -0.2) is 0 Å². The molecule has 0 aliphatic carbocycles. The summed E-state index contributed by atoms with van der Waals surface area (Å²) < 4.78 is 36.2. The second-order valence-corrected chi connectivity index (χ2v) is 12.3. The van der Waals surface area contributed by atoms with E-state index in [1.165, 1.54) is 12.1 Å². The van der Waals surface area contributed by atoms with Crippen molar-refractivity contribution >= 4 is 18.4 Å². The van der Waals surface area contributed by atoms with Crippen molar-refractivity contribution in [1.29, 1.82) is 0 Å². The molecule has 1 atom stereocenters. The molecule has 6 heteroatoms. The Kier molecular flexibility index (Phi) is 5.29. The fourth-order valence-corrected chi connectivity index (χ4v) is 4.40. The average Bonchev–Trinajstić information content (AvgIpc) is 2.46. The molecule has 0 heterocycles. The van der Waals surface area contributed by atoms with Gasteiger partial charge < -0.3 is 8.61 Å². The van der Waals surface area contributed by atoms with Gasteiger partial charge in [0.15, 0.2) is 8.32 Å². The molecule has 0 aliphatic rings. The molecule has 0 aliphatic heterocycles. The van der Waals surface area contributed by atoms with Crippen LogP contribution in [0.4, 0.5) is 0 Å². The molecule has 0 amide bonds. The Bertz CT molecular complexity index is 752. The summed E-state index contributed by atoms with van der Waals surface area (Å²) >= 11 is 0. The number of rotatable bonds is 6. The maximum absolute atomic E-state index is 12.4. The van der Waals surface area contributed by atoms with E-state index >= 15 is 0 Å². The first-order chi connectivity index (χ1) is 10.7. The van der Waals surface area contributed by atoms with Crippen molar-refractivity contribution in [1.82, 2.24) is 0 Å². The monoisotopic (exact) mass is 350 g/mol. The molecule has 0 saturated carbocycles. The molecule has 1 unspecified atom stereocenters. The highest BCUT2D eigenvalue weighted by atomic mass is 32.2. The zero-order valence-corrected chi connectivity index (χ0v) is 15.6. The van der Waals surface area contributed by atoms with Crippen LogP contribution < -0.4 is 4.18 Å². The van der Waals surface area contributed by atoms with Gasteiger partial charge in [0.1, 0.15) is 10.6 Å². The van der Waals surface area contributed by atoms with Crippen LogP contribution in [0.5, 0.6) is 5.75 Å². The van der Waals surface area contributed by atoms with Gasteiger partial charge >= 0.3 is 10.1 Å². The second-order valence-electron chi connectivity index (χ2n) is 6.26. The van der Waals surface area contributed by atoms with Crippen LogP contribution in [0.25, 0.3) is 0 Å². The predicted molar refractivity (Wildman–Crippen MR) is 93.5 cm³/mol. The Hall–Kier alpha value is -1.63. The van der Waals surface area contributed by atoms with Crippen molar-refractivity contribution in [2.24, 2.45) is 0 Å². The van der Waals surface area contributed by atoms with Gasteiger partial charge in [-0.15, -0.1) is 0 Å². The maximum Gasteiger partial charge on any atom is 0.339 e. The highest BCUT2D eigenvalue weighted by Crippen LogP contribution is 2.31. The van der Waals surface area contributed by atoms with Crippen molar-refractivity contribution in [2.75, 3.05) is 0 Å².